The van der Waals surface area contributed by atoms with Gasteiger partial charge in [0.25, 0.3) is 0 Å². The third-order valence-electron chi connectivity index (χ3n) is 2.87. The highest BCUT2D eigenvalue weighted by molar-refractivity contribution is 6.04. The molecule has 0 bridgehead atoms. The van der Waals surface area contributed by atoms with E-state index in [1.165, 1.54) is 18.3 Å². The van der Waals surface area contributed by atoms with Crippen molar-refractivity contribution >= 4 is 16.9 Å². The zero-order valence-electron chi connectivity index (χ0n) is 10.7. The monoisotopic (exact) mass is 284 g/mol. The molecule has 3 rings (SSSR count). The smallest absolute Gasteiger partial charge is 0.340 e. The van der Waals surface area contributed by atoms with Gasteiger partial charge in [0.15, 0.2) is 5.75 Å². The van der Waals surface area contributed by atoms with Gasteiger partial charge in [-0.25, -0.2) is 14.2 Å². The van der Waals surface area contributed by atoms with Gasteiger partial charge in [0.05, 0.1) is 17.9 Å². The number of aromatic nitrogens is 2. The number of hydrogen-bond donors (Lipinski definition) is 1. The molecule has 5 nitrogen and oxygen atoms in total. The first-order valence-corrected chi connectivity index (χ1v) is 6.05. The zero-order valence-corrected chi connectivity index (χ0v) is 10.7. The molecule has 0 amide bonds. The van der Waals surface area contributed by atoms with Crippen LogP contribution in [0.25, 0.3) is 10.9 Å². The molecule has 21 heavy (non-hydrogen) atoms. The summed E-state index contributed by atoms with van der Waals surface area (Å²) in [6, 6.07) is 9.34. The van der Waals surface area contributed by atoms with Crippen molar-refractivity contribution in [2.75, 3.05) is 0 Å². The summed E-state index contributed by atoms with van der Waals surface area (Å²) in [4.78, 5) is 19.4. The second-order valence-corrected chi connectivity index (χ2v) is 4.24. The molecule has 0 spiro atoms. The normalized spacial score (nSPS) is 10.5. The number of pyridine rings is 2. The van der Waals surface area contributed by atoms with E-state index >= 15 is 0 Å². The summed E-state index contributed by atoms with van der Waals surface area (Å²) in [7, 11) is 0. The standard InChI is InChI=1S/C15H9FN2O3/c16-9-5-6-13(18-7-9)21-12-8-17-11-4-2-1-3-10(11)14(12)15(19)20/h1-8H,(H,19,20). The summed E-state index contributed by atoms with van der Waals surface area (Å²) in [5, 5.41) is 9.86. The molecule has 0 aliphatic heterocycles. The first-order chi connectivity index (χ1) is 10.1. The van der Waals surface area contributed by atoms with Crippen LogP contribution in [0, 0.1) is 5.82 Å². The fraction of sp³-hybridized carbons (Fsp3) is 0. The van der Waals surface area contributed by atoms with Gasteiger partial charge < -0.3 is 9.84 Å². The number of para-hydroxylation sites is 1. The van der Waals surface area contributed by atoms with Gasteiger partial charge in [0.1, 0.15) is 11.4 Å². The SMILES string of the molecule is O=C(O)c1c(Oc2ccc(F)cn2)cnc2ccccc12. The molecule has 0 radical (unpaired) electrons. The van der Waals surface area contributed by atoms with Crippen molar-refractivity contribution in [3.8, 4) is 11.6 Å². The zero-order chi connectivity index (χ0) is 14.8. The largest absolute Gasteiger partial charge is 0.478 e. The molecule has 3 aromatic rings. The maximum absolute atomic E-state index is 12.8. The lowest BCUT2D eigenvalue weighted by molar-refractivity contribution is 0.0696. The van der Waals surface area contributed by atoms with Gasteiger partial charge in [-0.2, -0.15) is 0 Å². The van der Waals surface area contributed by atoms with Crippen LogP contribution in [-0.2, 0) is 0 Å². The van der Waals surface area contributed by atoms with E-state index in [0.717, 1.165) is 6.20 Å². The highest BCUT2D eigenvalue weighted by atomic mass is 19.1. The summed E-state index contributed by atoms with van der Waals surface area (Å²) >= 11 is 0. The third-order valence-corrected chi connectivity index (χ3v) is 2.87. The number of fused-ring (bicyclic) bond motifs is 1. The van der Waals surface area contributed by atoms with E-state index in [1.54, 1.807) is 24.3 Å². The maximum Gasteiger partial charge on any atom is 0.340 e. The van der Waals surface area contributed by atoms with Gasteiger partial charge in [-0.15, -0.1) is 0 Å². The van der Waals surface area contributed by atoms with Crippen LogP contribution in [-0.4, -0.2) is 21.0 Å². The van der Waals surface area contributed by atoms with Gasteiger partial charge in [-0.05, 0) is 12.1 Å². The van der Waals surface area contributed by atoms with Crippen LogP contribution in [0.4, 0.5) is 4.39 Å². The van der Waals surface area contributed by atoms with Crippen molar-refractivity contribution in [1.29, 1.82) is 0 Å². The number of rotatable bonds is 3. The Labute approximate surface area is 118 Å². The molecular weight excluding hydrogens is 275 g/mol. The van der Waals surface area contributed by atoms with E-state index in [4.69, 9.17) is 4.74 Å². The van der Waals surface area contributed by atoms with Crippen molar-refractivity contribution in [2.45, 2.75) is 0 Å². The number of ether oxygens (including phenoxy) is 1. The lowest BCUT2D eigenvalue weighted by Gasteiger charge is -2.09. The third kappa shape index (κ3) is 2.51. The summed E-state index contributed by atoms with van der Waals surface area (Å²) in [6.07, 6.45) is 2.31. The van der Waals surface area contributed by atoms with E-state index in [-0.39, 0.29) is 17.2 Å². The summed E-state index contributed by atoms with van der Waals surface area (Å²) in [5.41, 5.74) is 0.543. The quantitative estimate of drug-likeness (QED) is 0.799. The predicted molar refractivity (Wildman–Crippen MR) is 73.0 cm³/mol. The fourth-order valence-corrected chi connectivity index (χ4v) is 1.96. The molecule has 0 fully saturated rings. The van der Waals surface area contributed by atoms with Crippen molar-refractivity contribution in [3.05, 3.63) is 60.2 Å². The van der Waals surface area contributed by atoms with Crippen molar-refractivity contribution < 1.29 is 19.0 Å². The van der Waals surface area contributed by atoms with Crippen LogP contribution < -0.4 is 4.74 Å². The van der Waals surface area contributed by atoms with Crippen LogP contribution in [0.3, 0.4) is 0 Å². The highest BCUT2D eigenvalue weighted by Gasteiger charge is 2.17. The van der Waals surface area contributed by atoms with Crippen LogP contribution >= 0.6 is 0 Å². The van der Waals surface area contributed by atoms with E-state index in [0.29, 0.717) is 10.9 Å². The number of aromatic carboxylic acids is 1. The van der Waals surface area contributed by atoms with Gasteiger partial charge in [-0.1, -0.05) is 18.2 Å². The molecule has 0 atom stereocenters. The Morgan fingerprint density at radius 3 is 2.62 bits per heavy atom. The first kappa shape index (κ1) is 13.0. The van der Waals surface area contributed by atoms with E-state index in [1.807, 2.05) is 0 Å². The number of benzene rings is 1. The number of carbonyl (C=O) groups is 1. The number of carboxylic acid groups (broad SMARTS) is 1. The number of halogens is 1. The average Bonchev–Trinajstić information content (AvgIpc) is 2.49. The van der Waals surface area contributed by atoms with Crippen LogP contribution in [0.2, 0.25) is 0 Å². The predicted octanol–water partition coefficient (Wildman–Crippen LogP) is 3.26. The van der Waals surface area contributed by atoms with Gasteiger partial charge in [0.2, 0.25) is 5.88 Å². The molecule has 0 aliphatic rings. The second-order valence-electron chi connectivity index (χ2n) is 4.24. The molecule has 1 aromatic carbocycles. The molecule has 0 aliphatic carbocycles. The fourth-order valence-electron chi connectivity index (χ4n) is 1.96. The summed E-state index contributed by atoms with van der Waals surface area (Å²) < 4.78 is 18.2. The molecule has 0 unspecified atom stereocenters. The summed E-state index contributed by atoms with van der Waals surface area (Å²) in [6.45, 7) is 0. The lowest BCUT2D eigenvalue weighted by Crippen LogP contribution is -2.03. The molecule has 0 saturated heterocycles. The van der Waals surface area contributed by atoms with Gasteiger partial charge in [0, 0.05) is 11.5 Å². The Balaban J connectivity index is 2.11. The highest BCUT2D eigenvalue weighted by Crippen LogP contribution is 2.29. The van der Waals surface area contributed by atoms with Crippen LogP contribution in [0.1, 0.15) is 10.4 Å². The Morgan fingerprint density at radius 1 is 1.10 bits per heavy atom. The van der Waals surface area contributed by atoms with Gasteiger partial charge in [-0.3, -0.25) is 4.98 Å². The van der Waals surface area contributed by atoms with Crippen molar-refractivity contribution in [3.63, 3.8) is 0 Å². The Kier molecular flexibility index (Phi) is 3.19. The van der Waals surface area contributed by atoms with Gasteiger partial charge >= 0.3 is 5.97 Å². The molecule has 1 N–H and O–H groups in total. The van der Waals surface area contributed by atoms with Crippen molar-refractivity contribution in [2.24, 2.45) is 0 Å². The van der Waals surface area contributed by atoms with Crippen molar-refractivity contribution in [1.82, 2.24) is 9.97 Å². The topological polar surface area (TPSA) is 72.3 Å². The number of nitrogens with zero attached hydrogens (tertiary/aromatic N) is 2. The van der Waals surface area contributed by atoms with Crippen LogP contribution in [0.15, 0.2) is 48.8 Å². The maximum atomic E-state index is 12.8. The van der Waals surface area contributed by atoms with E-state index < -0.39 is 11.8 Å². The minimum atomic E-state index is -1.13. The molecule has 2 heterocycles. The molecule has 6 heteroatoms. The lowest BCUT2D eigenvalue weighted by atomic mass is 10.1. The Hall–Kier alpha value is -3.02. The molecule has 0 saturated carbocycles. The molecular formula is C15H9FN2O3. The molecule has 2 aromatic heterocycles. The molecule has 104 valence electrons. The summed E-state index contributed by atoms with van der Waals surface area (Å²) in [5.74, 6) is -1.49. The second kappa shape index (κ2) is 5.16. The minimum absolute atomic E-state index is 0.00766. The number of hydrogen-bond acceptors (Lipinski definition) is 4. The Bertz CT molecular complexity index is 819. The Morgan fingerprint density at radius 2 is 1.90 bits per heavy atom. The average molecular weight is 284 g/mol. The van der Waals surface area contributed by atoms with E-state index in [2.05, 4.69) is 9.97 Å². The van der Waals surface area contributed by atoms with Crippen LogP contribution in [0.5, 0.6) is 11.6 Å². The first-order valence-electron chi connectivity index (χ1n) is 6.05. The minimum Gasteiger partial charge on any atom is -0.478 e. The number of carboxylic acids is 1. The van der Waals surface area contributed by atoms with E-state index in [9.17, 15) is 14.3 Å².